The van der Waals surface area contributed by atoms with Crippen molar-refractivity contribution in [3.63, 3.8) is 0 Å². The van der Waals surface area contributed by atoms with Crippen LogP contribution in [0.1, 0.15) is 52.0 Å². The minimum absolute atomic E-state index is 0. The highest BCUT2D eigenvalue weighted by Crippen LogP contribution is 2.24. The number of nitro groups is 1. The van der Waals surface area contributed by atoms with Crippen molar-refractivity contribution in [3.8, 4) is 0 Å². The molecule has 1 aromatic rings. The summed E-state index contributed by atoms with van der Waals surface area (Å²) >= 11 is 0. The third-order valence-corrected chi connectivity index (χ3v) is 4.70. The number of carbonyl (C=O) groups is 1. The fourth-order valence-corrected chi connectivity index (χ4v) is 3.41. The van der Waals surface area contributed by atoms with E-state index < -0.39 is 4.92 Å². The molecule has 8 nitrogen and oxygen atoms in total. The summed E-state index contributed by atoms with van der Waals surface area (Å²) in [4.78, 5) is 27.4. The maximum Gasteiger partial charge on any atom is 0.269 e. The summed E-state index contributed by atoms with van der Waals surface area (Å²) in [5.41, 5.74) is 0.848. The fraction of sp³-hybridized carbons (Fsp3) is 0.600. The monoisotopic (exact) mass is 517 g/mol. The Morgan fingerprint density at radius 3 is 2.76 bits per heavy atom. The summed E-state index contributed by atoms with van der Waals surface area (Å²) < 4.78 is 0. The summed E-state index contributed by atoms with van der Waals surface area (Å²) in [6, 6.07) is 6.84. The van der Waals surface area contributed by atoms with Crippen LogP contribution < -0.4 is 16.0 Å². The van der Waals surface area contributed by atoms with Gasteiger partial charge in [-0.15, -0.1) is 24.0 Å². The summed E-state index contributed by atoms with van der Waals surface area (Å²) in [7, 11) is 0. The number of rotatable bonds is 7. The molecule has 1 aromatic carbocycles. The van der Waals surface area contributed by atoms with Crippen LogP contribution in [0, 0.1) is 16.0 Å². The first-order valence-electron chi connectivity index (χ1n) is 9.97. The minimum atomic E-state index is -0.402. The lowest BCUT2D eigenvalue weighted by Crippen LogP contribution is -2.47. The molecule has 2 rings (SSSR count). The van der Waals surface area contributed by atoms with Crippen molar-refractivity contribution >= 4 is 41.5 Å². The summed E-state index contributed by atoms with van der Waals surface area (Å²) in [6.45, 7) is 7.00. The molecule has 2 atom stereocenters. The van der Waals surface area contributed by atoms with Crippen LogP contribution in [0.3, 0.4) is 0 Å². The summed E-state index contributed by atoms with van der Waals surface area (Å²) in [5, 5.41) is 20.6. The van der Waals surface area contributed by atoms with Crippen LogP contribution >= 0.6 is 24.0 Å². The van der Waals surface area contributed by atoms with Gasteiger partial charge in [0.25, 0.3) is 5.69 Å². The van der Waals surface area contributed by atoms with Gasteiger partial charge in [0.05, 0.1) is 11.5 Å². The number of nitrogens with zero attached hydrogens (tertiary/aromatic N) is 2. The number of hydrogen-bond acceptors (Lipinski definition) is 4. The van der Waals surface area contributed by atoms with Crippen LogP contribution in [0.5, 0.6) is 0 Å². The smallest absolute Gasteiger partial charge is 0.269 e. The Hall–Kier alpha value is -1.91. The van der Waals surface area contributed by atoms with E-state index in [0.29, 0.717) is 19.0 Å². The first-order chi connectivity index (χ1) is 13.4. The van der Waals surface area contributed by atoms with E-state index in [1.165, 1.54) is 6.07 Å². The molecule has 1 amide bonds. The average Bonchev–Trinajstić information content (AvgIpc) is 2.66. The molecule has 1 aliphatic carbocycles. The third-order valence-electron chi connectivity index (χ3n) is 4.70. The molecule has 0 saturated heterocycles. The number of carbonyl (C=O) groups excluding carboxylic acids is 1. The quantitative estimate of drug-likeness (QED) is 0.169. The van der Waals surface area contributed by atoms with Crippen LogP contribution in [-0.4, -0.2) is 35.4 Å². The van der Waals surface area contributed by atoms with Gasteiger partial charge in [0.15, 0.2) is 5.96 Å². The zero-order valence-corrected chi connectivity index (χ0v) is 19.6. The van der Waals surface area contributed by atoms with Crippen molar-refractivity contribution in [1.29, 1.82) is 0 Å². The van der Waals surface area contributed by atoms with Gasteiger partial charge in [0.2, 0.25) is 5.91 Å². The molecule has 29 heavy (non-hydrogen) atoms. The standard InChI is InChI=1S/C20H31N5O3.HI/c1-4-21-20(22-13-15-7-5-10-18(11-15)25(27)28)24-17-9-6-8-16(12-17)19(26)23-14(2)3;/h5,7,10-11,14,16-17H,4,6,8-9,12-13H2,1-3H3,(H,23,26)(H2,21,22,24);1H. The largest absolute Gasteiger partial charge is 0.357 e. The van der Waals surface area contributed by atoms with E-state index in [1.54, 1.807) is 12.1 Å². The number of aliphatic imine (C=N–C) groups is 1. The molecule has 0 aliphatic heterocycles. The van der Waals surface area contributed by atoms with Gasteiger partial charge in [-0.1, -0.05) is 18.6 Å². The molecule has 3 N–H and O–H groups in total. The highest BCUT2D eigenvalue weighted by molar-refractivity contribution is 14.0. The van der Waals surface area contributed by atoms with E-state index in [-0.39, 0.29) is 53.6 Å². The highest BCUT2D eigenvalue weighted by atomic mass is 127. The molecule has 1 saturated carbocycles. The zero-order chi connectivity index (χ0) is 20.5. The van der Waals surface area contributed by atoms with Crippen molar-refractivity contribution in [1.82, 2.24) is 16.0 Å². The second-order valence-electron chi connectivity index (χ2n) is 7.49. The predicted molar refractivity (Wildman–Crippen MR) is 125 cm³/mol. The van der Waals surface area contributed by atoms with Gasteiger partial charge in [-0.3, -0.25) is 14.9 Å². The third kappa shape index (κ3) is 8.55. The van der Waals surface area contributed by atoms with Gasteiger partial charge in [-0.2, -0.15) is 0 Å². The zero-order valence-electron chi connectivity index (χ0n) is 17.3. The van der Waals surface area contributed by atoms with Crippen molar-refractivity contribution in [2.45, 2.75) is 65.1 Å². The van der Waals surface area contributed by atoms with E-state index in [4.69, 9.17) is 0 Å². The number of hydrogen-bond donors (Lipinski definition) is 3. The topological polar surface area (TPSA) is 109 Å². The second-order valence-corrected chi connectivity index (χ2v) is 7.49. The molecule has 9 heteroatoms. The van der Waals surface area contributed by atoms with E-state index >= 15 is 0 Å². The van der Waals surface area contributed by atoms with Crippen LogP contribution in [0.25, 0.3) is 0 Å². The maximum atomic E-state index is 12.3. The van der Waals surface area contributed by atoms with Crippen molar-refractivity contribution in [2.75, 3.05) is 6.54 Å². The lowest BCUT2D eigenvalue weighted by atomic mass is 9.85. The van der Waals surface area contributed by atoms with E-state index in [2.05, 4.69) is 20.9 Å². The Kier molecular flexibility index (Phi) is 10.9. The maximum absolute atomic E-state index is 12.3. The van der Waals surface area contributed by atoms with Crippen molar-refractivity contribution in [3.05, 3.63) is 39.9 Å². The molecular formula is C20H32IN5O3. The normalized spacial score (nSPS) is 19.2. The van der Waals surface area contributed by atoms with Crippen molar-refractivity contribution < 1.29 is 9.72 Å². The predicted octanol–water partition coefficient (Wildman–Crippen LogP) is 3.35. The Labute approximate surface area is 189 Å². The average molecular weight is 517 g/mol. The Morgan fingerprint density at radius 1 is 1.34 bits per heavy atom. The van der Waals surface area contributed by atoms with Gasteiger partial charge < -0.3 is 16.0 Å². The van der Waals surface area contributed by atoms with Crippen LogP contribution in [0.4, 0.5) is 5.69 Å². The van der Waals surface area contributed by atoms with Gasteiger partial charge in [-0.05, 0) is 45.6 Å². The molecule has 1 fully saturated rings. The fourth-order valence-electron chi connectivity index (χ4n) is 3.41. The number of nitro benzene ring substituents is 1. The van der Waals surface area contributed by atoms with Crippen LogP contribution in [0.15, 0.2) is 29.3 Å². The number of halogens is 1. The number of nitrogens with one attached hydrogen (secondary N) is 3. The van der Waals surface area contributed by atoms with Crippen LogP contribution in [0.2, 0.25) is 0 Å². The second kappa shape index (κ2) is 12.6. The Morgan fingerprint density at radius 2 is 2.10 bits per heavy atom. The van der Waals surface area contributed by atoms with Crippen molar-refractivity contribution in [2.24, 2.45) is 10.9 Å². The molecule has 0 bridgehead atoms. The number of guanidine groups is 1. The summed E-state index contributed by atoms with van der Waals surface area (Å²) in [6.07, 6.45) is 3.68. The van der Waals surface area contributed by atoms with Gasteiger partial charge in [0, 0.05) is 36.7 Å². The number of benzene rings is 1. The first kappa shape index (κ1) is 25.1. The summed E-state index contributed by atoms with van der Waals surface area (Å²) in [5.74, 6) is 0.817. The van der Waals surface area contributed by atoms with E-state index in [1.807, 2.05) is 26.8 Å². The number of amides is 1. The molecule has 1 aliphatic rings. The van der Waals surface area contributed by atoms with Gasteiger partial charge in [0.1, 0.15) is 0 Å². The van der Waals surface area contributed by atoms with E-state index in [0.717, 1.165) is 31.2 Å². The molecule has 2 unspecified atom stereocenters. The molecule has 0 spiro atoms. The Balaban J connectivity index is 0.00000420. The molecule has 162 valence electrons. The SMILES string of the molecule is CCNC(=NCc1cccc([N+](=O)[O-])c1)NC1CCCC(C(=O)NC(C)C)C1.I. The van der Waals surface area contributed by atoms with Gasteiger partial charge in [-0.25, -0.2) is 4.99 Å². The molecule has 0 aromatic heterocycles. The van der Waals surface area contributed by atoms with Gasteiger partial charge >= 0.3 is 0 Å². The molecule has 0 radical (unpaired) electrons. The lowest BCUT2D eigenvalue weighted by molar-refractivity contribution is -0.384. The first-order valence-corrected chi connectivity index (χ1v) is 9.97. The molecule has 0 heterocycles. The van der Waals surface area contributed by atoms with E-state index in [9.17, 15) is 14.9 Å². The number of non-ortho nitro benzene ring substituents is 1. The lowest BCUT2D eigenvalue weighted by Gasteiger charge is -2.30. The Bertz CT molecular complexity index is 711. The highest BCUT2D eigenvalue weighted by Gasteiger charge is 2.28. The molecular weight excluding hydrogens is 485 g/mol. The minimum Gasteiger partial charge on any atom is -0.357 e. The van der Waals surface area contributed by atoms with Crippen LogP contribution in [-0.2, 0) is 11.3 Å².